The molecule has 0 bridgehead atoms. The van der Waals surface area contributed by atoms with Gasteiger partial charge in [0.2, 0.25) is 0 Å². The maximum absolute atomic E-state index is 2.51. The van der Waals surface area contributed by atoms with E-state index in [0.29, 0.717) is 0 Å². The minimum atomic E-state index is 0. The van der Waals surface area contributed by atoms with Crippen molar-refractivity contribution >= 4 is 5.96 Å². The second-order valence-corrected chi connectivity index (χ2v) is 4.78. The summed E-state index contributed by atoms with van der Waals surface area (Å²) in [6, 6.07) is 0. The number of rotatable bonds is 6. The predicted octanol–water partition coefficient (Wildman–Crippen LogP) is -0.918. The van der Waals surface area contributed by atoms with Gasteiger partial charge in [-0.05, 0) is 12.8 Å². The lowest BCUT2D eigenvalue weighted by atomic mass is 10.2. The molecule has 0 aromatic heterocycles. The van der Waals surface area contributed by atoms with E-state index in [1.54, 1.807) is 0 Å². The molecule has 4 heteroatoms. The van der Waals surface area contributed by atoms with Crippen LogP contribution in [0.15, 0.2) is 0 Å². The van der Waals surface area contributed by atoms with Gasteiger partial charge < -0.3 is 17.0 Å². The minimum absolute atomic E-state index is 0. The van der Waals surface area contributed by atoms with Crippen molar-refractivity contribution in [1.29, 1.82) is 0 Å². The number of hydrogen-bond acceptors (Lipinski definition) is 0. The smallest absolute Gasteiger partial charge is 0.349 e. The molecule has 0 heterocycles. The fraction of sp³-hybridized carbons (Fsp3) is 0.923. The third-order valence-electron chi connectivity index (χ3n) is 2.65. The quantitative estimate of drug-likeness (QED) is 0.357. The van der Waals surface area contributed by atoms with E-state index in [9.17, 15) is 0 Å². The average Bonchev–Trinajstić information content (AvgIpc) is 2.20. The van der Waals surface area contributed by atoms with E-state index in [1.165, 1.54) is 44.7 Å². The maximum atomic E-state index is 2.51. The highest BCUT2D eigenvalue weighted by Gasteiger charge is 2.20. The Hall–Kier alpha value is -0.250. The molecule has 0 aliphatic heterocycles. The van der Waals surface area contributed by atoms with Gasteiger partial charge in [0.15, 0.2) is 0 Å². The lowest BCUT2D eigenvalue weighted by Gasteiger charge is -2.24. The molecule has 0 saturated heterocycles. The van der Waals surface area contributed by atoms with E-state index in [0.717, 1.165) is 0 Å². The van der Waals surface area contributed by atoms with Gasteiger partial charge in [-0.15, -0.1) is 0 Å². The fourth-order valence-electron chi connectivity index (χ4n) is 1.98. The first-order valence-electron chi connectivity index (χ1n) is 6.51. The van der Waals surface area contributed by atoms with Gasteiger partial charge in [0.1, 0.15) is 0 Å². The molecule has 0 aromatic carbocycles. The highest BCUT2D eigenvalue weighted by atomic mass is 79.9. The molecule has 0 unspecified atom stereocenters. The number of halogens is 1. The third-order valence-corrected chi connectivity index (χ3v) is 2.65. The standard InChI is InChI=1S/C13H30N3.BrH/c1-7-9-11-16(12-10-8-2)13(14(3)4)15(5)6;/h7-12H2,1-6H3;1H/q+1;/p-1. The van der Waals surface area contributed by atoms with Crippen molar-refractivity contribution in [1.82, 2.24) is 9.80 Å². The molecule has 0 amide bonds. The molecular weight excluding hydrogens is 278 g/mol. The summed E-state index contributed by atoms with van der Waals surface area (Å²) in [5.41, 5.74) is 0. The Bertz CT molecular complexity index is 203. The molecule has 0 atom stereocenters. The average molecular weight is 308 g/mol. The van der Waals surface area contributed by atoms with Crippen molar-refractivity contribution in [2.24, 2.45) is 0 Å². The highest BCUT2D eigenvalue weighted by molar-refractivity contribution is 5.74. The Morgan fingerprint density at radius 1 is 0.941 bits per heavy atom. The lowest BCUT2D eigenvalue weighted by molar-refractivity contribution is -0.476. The molecule has 0 rings (SSSR count). The normalized spacial score (nSPS) is 9.53. The molecule has 17 heavy (non-hydrogen) atoms. The largest absolute Gasteiger partial charge is 1.00 e. The van der Waals surface area contributed by atoms with Gasteiger partial charge >= 0.3 is 5.96 Å². The zero-order valence-corrected chi connectivity index (χ0v) is 14.0. The molecule has 0 aliphatic carbocycles. The second kappa shape index (κ2) is 10.9. The van der Waals surface area contributed by atoms with Gasteiger partial charge in [0, 0.05) is 0 Å². The van der Waals surface area contributed by atoms with Crippen LogP contribution < -0.4 is 17.0 Å². The van der Waals surface area contributed by atoms with Crippen LogP contribution in [0.2, 0.25) is 0 Å². The van der Waals surface area contributed by atoms with Crippen LogP contribution in [0.25, 0.3) is 0 Å². The molecule has 0 aromatic rings. The van der Waals surface area contributed by atoms with Crippen molar-refractivity contribution < 1.29 is 21.6 Å². The number of hydrogen-bond donors (Lipinski definition) is 0. The van der Waals surface area contributed by atoms with Crippen molar-refractivity contribution in [3.05, 3.63) is 0 Å². The second-order valence-electron chi connectivity index (χ2n) is 4.78. The monoisotopic (exact) mass is 307 g/mol. The van der Waals surface area contributed by atoms with Gasteiger partial charge in [-0.25, -0.2) is 0 Å². The van der Waals surface area contributed by atoms with E-state index in [2.05, 4.69) is 56.4 Å². The summed E-state index contributed by atoms with van der Waals surface area (Å²) in [6.45, 7) is 6.84. The van der Waals surface area contributed by atoms with Crippen LogP contribution in [-0.4, -0.2) is 61.6 Å². The number of unbranched alkanes of at least 4 members (excludes halogenated alkanes) is 2. The van der Waals surface area contributed by atoms with Crippen LogP contribution in [0.5, 0.6) is 0 Å². The lowest BCUT2D eigenvalue weighted by Crippen LogP contribution is -3.00. The summed E-state index contributed by atoms with van der Waals surface area (Å²) in [6.07, 6.45) is 5.07. The zero-order valence-electron chi connectivity index (χ0n) is 12.5. The summed E-state index contributed by atoms with van der Waals surface area (Å²) in [5, 5.41) is 0. The topological polar surface area (TPSA) is 9.49 Å². The molecule has 0 spiro atoms. The summed E-state index contributed by atoms with van der Waals surface area (Å²) >= 11 is 0. The maximum Gasteiger partial charge on any atom is 0.349 e. The zero-order chi connectivity index (χ0) is 12.6. The molecule has 0 radical (unpaired) electrons. The van der Waals surface area contributed by atoms with Gasteiger partial charge in [0.05, 0.1) is 41.3 Å². The van der Waals surface area contributed by atoms with Crippen LogP contribution in [0.4, 0.5) is 0 Å². The summed E-state index contributed by atoms with van der Waals surface area (Å²) in [7, 11) is 8.50. The summed E-state index contributed by atoms with van der Waals surface area (Å²) in [4.78, 5) is 4.72. The van der Waals surface area contributed by atoms with E-state index in [-0.39, 0.29) is 17.0 Å². The van der Waals surface area contributed by atoms with E-state index in [1.807, 2.05) is 0 Å². The number of nitrogens with zero attached hydrogens (tertiary/aromatic N) is 3. The third kappa shape index (κ3) is 7.63. The Balaban J connectivity index is 0. The first-order chi connectivity index (χ1) is 7.54. The van der Waals surface area contributed by atoms with Crippen LogP contribution in [-0.2, 0) is 0 Å². The predicted molar refractivity (Wildman–Crippen MR) is 72.2 cm³/mol. The molecular formula is C13H30BrN3. The van der Waals surface area contributed by atoms with Crippen LogP contribution >= 0.6 is 0 Å². The van der Waals surface area contributed by atoms with Crippen molar-refractivity contribution in [2.45, 2.75) is 39.5 Å². The van der Waals surface area contributed by atoms with Gasteiger partial charge in [-0.1, -0.05) is 26.7 Å². The highest BCUT2D eigenvalue weighted by Crippen LogP contribution is 2.02. The molecule has 0 saturated carbocycles. The fourth-order valence-corrected chi connectivity index (χ4v) is 1.98. The Morgan fingerprint density at radius 2 is 1.35 bits per heavy atom. The number of guanidine groups is 1. The van der Waals surface area contributed by atoms with Crippen molar-refractivity contribution in [3.8, 4) is 0 Å². The summed E-state index contributed by atoms with van der Waals surface area (Å²) in [5.74, 6) is 1.32. The Kier molecular flexibility index (Phi) is 12.2. The van der Waals surface area contributed by atoms with Crippen LogP contribution in [0.3, 0.4) is 0 Å². The SMILES string of the molecule is CCCCN(CCCC)C(N(C)C)=[N+](C)C.[Br-]. The summed E-state index contributed by atoms with van der Waals surface area (Å²) < 4.78 is 2.21. The van der Waals surface area contributed by atoms with E-state index >= 15 is 0 Å². The van der Waals surface area contributed by atoms with E-state index < -0.39 is 0 Å². The Labute approximate surface area is 118 Å². The van der Waals surface area contributed by atoms with Crippen LogP contribution in [0.1, 0.15) is 39.5 Å². The van der Waals surface area contributed by atoms with Crippen molar-refractivity contribution in [3.63, 3.8) is 0 Å². The van der Waals surface area contributed by atoms with Crippen LogP contribution in [0, 0.1) is 0 Å². The first kappa shape index (κ1) is 19.1. The molecule has 3 nitrogen and oxygen atoms in total. The molecule has 0 fully saturated rings. The van der Waals surface area contributed by atoms with Crippen molar-refractivity contribution in [2.75, 3.05) is 41.3 Å². The van der Waals surface area contributed by atoms with Gasteiger partial charge in [-0.2, -0.15) is 0 Å². The first-order valence-corrected chi connectivity index (χ1v) is 6.51. The van der Waals surface area contributed by atoms with Gasteiger partial charge in [-0.3, -0.25) is 14.4 Å². The molecule has 0 aliphatic rings. The Morgan fingerprint density at radius 3 is 1.59 bits per heavy atom. The molecule has 104 valence electrons. The van der Waals surface area contributed by atoms with Gasteiger partial charge in [0.25, 0.3) is 0 Å². The molecule has 0 N–H and O–H groups in total. The minimum Gasteiger partial charge on any atom is -1.00 e. The van der Waals surface area contributed by atoms with E-state index in [4.69, 9.17) is 0 Å².